The molecule has 0 spiro atoms. The van der Waals surface area contributed by atoms with Crippen molar-refractivity contribution >= 4 is 35.0 Å². The Bertz CT molecular complexity index is 528. The highest BCUT2D eigenvalue weighted by Gasteiger charge is 2.37. The summed E-state index contributed by atoms with van der Waals surface area (Å²) in [6.07, 6.45) is 0.560. The molecular formula is C14H16Cl2N2O2. The number of hydrogen-bond donors (Lipinski definition) is 1. The Balaban J connectivity index is 2.30. The van der Waals surface area contributed by atoms with Crippen LogP contribution < -0.4 is 5.32 Å². The van der Waals surface area contributed by atoms with Crippen LogP contribution in [-0.2, 0) is 16.1 Å². The fourth-order valence-electron chi connectivity index (χ4n) is 2.23. The van der Waals surface area contributed by atoms with Crippen LogP contribution in [0.1, 0.15) is 25.8 Å². The number of piperazine rings is 1. The predicted octanol–water partition coefficient (Wildman–Crippen LogP) is 2.62. The highest BCUT2D eigenvalue weighted by molar-refractivity contribution is 6.36. The van der Waals surface area contributed by atoms with Gasteiger partial charge in [-0.1, -0.05) is 36.2 Å². The van der Waals surface area contributed by atoms with Gasteiger partial charge in [0.05, 0.1) is 0 Å². The van der Waals surface area contributed by atoms with Crippen molar-refractivity contribution in [2.45, 2.75) is 38.9 Å². The summed E-state index contributed by atoms with van der Waals surface area (Å²) in [6.45, 7) is 3.80. The van der Waals surface area contributed by atoms with Gasteiger partial charge in [-0.25, -0.2) is 0 Å². The van der Waals surface area contributed by atoms with E-state index in [0.717, 1.165) is 0 Å². The van der Waals surface area contributed by atoms with Crippen LogP contribution in [-0.4, -0.2) is 28.8 Å². The van der Waals surface area contributed by atoms with E-state index in [1.54, 1.807) is 25.1 Å². The maximum Gasteiger partial charge on any atom is 0.246 e. The number of carbonyl (C=O) groups is 2. The molecule has 108 valence electrons. The number of nitrogens with zero attached hydrogens (tertiary/aromatic N) is 1. The van der Waals surface area contributed by atoms with E-state index in [4.69, 9.17) is 23.2 Å². The standard InChI is InChI=1S/C14H16Cl2N2O2/c1-3-12-14(20)18(8(2)13(19)17-12)7-9-10(15)5-4-6-11(9)16/h4-6,8,12H,3,7H2,1-2H3,(H,17,19). The van der Waals surface area contributed by atoms with Crippen LogP contribution in [0.15, 0.2) is 18.2 Å². The van der Waals surface area contributed by atoms with E-state index >= 15 is 0 Å². The fourth-order valence-corrected chi connectivity index (χ4v) is 2.75. The van der Waals surface area contributed by atoms with E-state index in [0.29, 0.717) is 22.0 Å². The van der Waals surface area contributed by atoms with Crippen molar-refractivity contribution in [2.75, 3.05) is 0 Å². The molecular weight excluding hydrogens is 299 g/mol. The highest BCUT2D eigenvalue weighted by Crippen LogP contribution is 2.27. The average molecular weight is 315 g/mol. The molecule has 1 N–H and O–H groups in total. The second kappa shape index (κ2) is 6.02. The van der Waals surface area contributed by atoms with E-state index in [2.05, 4.69) is 5.32 Å². The summed E-state index contributed by atoms with van der Waals surface area (Å²) in [5.41, 5.74) is 0.667. The molecule has 2 rings (SSSR count). The largest absolute Gasteiger partial charge is 0.343 e. The molecule has 2 amide bonds. The molecule has 0 radical (unpaired) electrons. The third kappa shape index (κ3) is 2.76. The lowest BCUT2D eigenvalue weighted by Crippen LogP contribution is -2.61. The van der Waals surface area contributed by atoms with E-state index in [1.165, 1.54) is 4.90 Å². The fraction of sp³-hybridized carbons (Fsp3) is 0.429. The third-order valence-corrected chi connectivity index (χ3v) is 4.25. The lowest BCUT2D eigenvalue weighted by molar-refractivity contribution is -0.149. The summed E-state index contributed by atoms with van der Waals surface area (Å²) in [6, 6.07) is 4.19. The molecule has 4 nitrogen and oxygen atoms in total. The zero-order chi connectivity index (χ0) is 14.9. The lowest BCUT2D eigenvalue weighted by Gasteiger charge is -2.37. The van der Waals surface area contributed by atoms with Crippen LogP contribution in [0.25, 0.3) is 0 Å². The van der Waals surface area contributed by atoms with Crippen LogP contribution >= 0.6 is 23.2 Å². The van der Waals surface area contributed by atoms with Gasteiger partial charge in [-0.3, -0.25) is 9.59 Å². The first-order valence-electron chi connectivity index (χ1n) is 6.49. The molecule has 1 aliphatic rings. The zero-order valence-electron chi connectivity index (χ0n) is 11.3. The van der Waals surface area contributed by atoms with Gasteiger partial charge in [-0.15, -0.1) is 0 Å². The Kier molecular flexibility index (Phi) is 4.55. The molecule has 1 aliphatic heterocycles. The molecule has 1 heterocycles. The molecule has 1 aromatic rings. The second-order valence-electron chi connectivity index (χ2n) is 4.81. The summed E-state index contributed by atoms with van der Waals surface area (Å²) in [4.78, 5) is 25.8. The van der Waals surface area contributed by atoms with Gasteiger partial charge in [0.25, 0.3) is 0 Å². The Labute approximate surface area is 128 Å². The normalized spacial score (nSPS) is 22.9. The van der Waals surface area contributed by atoms with Gasteiger partial charge >= 0.3 is 0 Å². The molecule has 0 saturated carbocycles. The summed E-state index contributed by atoms with van der Waals surface area (Å²) in [7, 11) is 0. The number of hydrogen-bond acceptors (Lipinski definition) is 2. The highest BCUT2D eigenvalue weighted by atomic mass is 35.5. The summed E-state index contributed by atoms with van der Waals surface area (Å²) in [5, 5.41) is 3.71. The van der Waals surface area contributed by atoms with Gasteiger partial charge in [0, 0.05) is 22.2 Å². The Morgan fingerprint density at radius 3 is 2.40 bits per heavy atom. The minimum atomic E-state index is -0.530. The van der Waals surface area contributed by atoms with E-state index in [-0.39, 0.29) is 18.4 Å². The lowest BCUT2D eigenvalue weighted by atomic mass is 10.0. The minimum Gasteiger partial charge on any atom is -0.343 e. The smallest absolute Gasteiger partial charge is 0.246 e. The minimum absolute atomic E-state index is 0.101. The Hall–Kier alpha value is -1.26. The summed E-state index contributed by atoms with van der Waals surface area (Å²) >= 11 is 12.3. The second-order valence-corrected chi connectivity index (χ2v) is 5.63. The van der Waals surface area contributed by atoms with Crippen LogP contribution in [0.4, 0.5) is 0 Å². The van der Waals surface area contributed by atoms with Crippen LogP contribution in [0.3, 0.4) is 0 Å². The SMILES string of the molecule is CCC1NC(=O)C(C)N(Cc2c(Cl)cccc2Cl)C1=O. The maximum absolute atomic E-state index is 12.4. The van der Waals surface area contributed by atoms with Crippen molar-refractivity contribution in [1.82, 2.24) is 10.2 Å². The van der Waals surface area contributed by atoms with Crippen molar-refractivity contribution in [1.29, 1.82) is 0 Å². The first-order chi connectivity index (χ1) is 9.45. The monoisotopic (exact) mass is 314 g/mol. The number of benzene rings is 1. The average Bonchev–Trinajstić information content (AvgIpc) is 2.41. The molecule has 2 unspecified atom stereocenters. The number of nitrogens with one attached hydrogen (secondary N) is 1. The van der Waals surface area contributed by atoms with Gasteiger partial charge in [-0.05, 0) is 25.5 Å². The Morgan fingerprint density at radius 2 is 1.85 bits per heavy atom. The van der Waals surface area contributed by atoms with Gasteiger partial charge < -0.3 is 10.2 Å². The number of rotatable bonds is 3. The van der Waals surface area contributed by atoms with Crippen LogP contribution in [0, 0.1) is 0 Å². The van der Waals surface area contributed by atoms with Crippen molar-refractivity contribution in [2.24, 2.45) is 0 Å². The van der Waals surface area contributed by atoms with Crippen LogP contribution in [0.2, 0.25) is 10.0 Å². The summed E-state index contributed by atoms with van der Waals surface area (Å²) < 4.78 is 0. The molecule has 2 atom stereocenters. The van der Waals surface area contributed by atoms with Gasteiger partial charge in [-0.2, -0.15) is 0 Å². The van der Waals surface area contributed by atoms with Crippen LogP contribution in [0.5, 0.6) is 0 Å². The van der Waals surface area contributed by atoms with Gasteiger partial charge in [0.1, 0.15) is 12.1 Å². The first-order valence-corrected chi connectivity index (χ1v) is 7.25. The molecule has 0 aromatic heterocycles. The van der Waals surface area contributed by atoms with Crippen molar-refractivity contribution in [3.63, 3.8) is 0 Å². The third-order valence-electron chi connectivity index (χ3n) is 3.54. The summed E-state index contributed by atoms with van der Waals surface area (Å²) in [5.74, 6) is -0.254. The molecule has 20 heavy (non-hydrogen) atoms. The van der Waals surface area contributed by atoms with E-state index in [9.17, 15) is 9.59 Å². The quantitative estimate of drug-likeness (QED) is 0.932. The van der Waals surface area contributed by atoms with Crippen molar-refractivity contribution in [3.05, 3.63) is 33.8 Å². The van der Waals surface area contributed by atoms with Gasteiger partial charge in [0.15, 0.2) is 0 Å². The van der Waals surface area contributed by atoms with Crippen molar-refractivity contribution < 1.29 is 9.59 Å². The van der Waals surface area contributed by atoms with E-state index < -0.39 is 12.1 Å². The molecule has 1 fully saturated rings. The predicted molar refractivity (Wildman–Crippen MR) is 78.7 cm³/mol. The number of halogens is 2. The molecule has 0 aliphatic carbocycles. The molecule has 1 aromatic carbocycles. The first kappa shape index (κ1) is 15.1. The topological polar surface area (TPSA) is 49.4 Å². The zero-order valence-corrected chi connectivity index (χ0v) is 12.8. The number of carbonyl (C=O) groups excluding carboxylic acids is 2. The maximum atomic E-state index is 12.4. The number of amides is 2. The molecule has 1 saturated heterocycles. The van der Waals surface area contributed by atoms with Crippen molar-refractivity contribution in [3.8, 4) is 0 Å². The Morgan fingerprint density at radius 1 is 1.25 bits per heavy atom. The molecule has 6 heteroatoms. The molecule has 0 bridgehead atoms. The van der Waals surface area contributed by atoms with Gasteiger partial charge in [0.2, 0.25) is 11.8 Å². The van der Waals surface area contributed by atoms with E-state index in [1.807, 2.05) is 6.92 Å².